The first-order chi connectivity index (χ1) is 17.1. The molecule has 0 aromatic heterocycles. The minimum atomic E-state index is -0.602. The normalized spacial score (nSPS) is 17.5. The van der Waals surface area contributed by atoms with Gasteiger partial charge in [0.25, 0.3) is 0 Å². The van der Waals surface area contributed by atoms with Crippen molar-refractivity contribution in [3.8, 4) is 5.75 Å². The van der Waals surface area contributed by atoms with Gasteiger partial charge in [-0.2, -0.15) is 0 Å². The maximum absolute atomic E-state index is 11.9. The summed E-state index contributed by atoms with van der Waals surface area (Å²) in [6.45, 7) is 4.64. The maximum Gasteiger partial charge on any atom is 0.412 e. The number of cyclic esters (lactones) is 1. The van der Waals surface area contributed by atoms with E-state index in [0.29, 0.717) is 19.4 Å². The highest BCUT2D eigenvalue weighted by Crippen LogP contribution is 2.42. The van der Waals surface area contributed by atoms with Gasteiger partial charge in [0.05, 0.1) is 17.2 Å². The highest BCUT2D eigenvalue weighted by Gasteiger charge is 2.39. The first-order valence-electron chi connectivity index (χ1n) is 12.9. The third kappa shape index (κ3) is 6.51. The summed E-state index contributed by atoms with van der Waals surface area (Å²) in [5.74, 6) is 1.50. The molecule has 2 aromatic rings. The molecule has 1 heterocycles. The van der Waals surface area contributed by atoms with E-state index >= 15 is 0 Å². The number of anilines is 1. The van der Waals surface area contributed by atoms with Crippen LogP contribution in [0.3, 0.4) is 0 Å². The zero-order valence-corrected chi connectivity index (χ0v) is 21.6. The number of nitrogens with one attached hydrogen (secondary N) is 1. The summed E-state index contributed by atoms with van der Waals surface area (Å²) in [6.07, 6.45) is 11.1. The highest BCUT2D eigenvalue weighted by atomic mass is 32.2. The summed E-state index contributed by atoms with van der Waals surface area (Å²) in [4.78, 5) is 13.0. The molecule has 4 rings (SSSR count). The molecule has 1 N–H and O–H groups in total. The molecule has 1 aliphatic heterocycles. The Kier molecular flexibility index (Phi) is 8.96. The Balaban J connectivity index is 1.17. The molecular weight excluding hydrogens is 460 g/mol. The number of carbonyl (C=O) groups is 1. The van der Waals surface area contributed by atoms with Crippen LogP contribution >= 0.6 is 12.0 Å². The molecule has 1 amide bonds. The van der Waals surface area contributed by atoms with Crippen LogP contribution < -0.4 is 10.1 Å². The smallest absolute Gasteiger partial charge is 0.412 e. The molecule has 1 aliphatic carbocycles. The summed E-state index contributed by atoms with van der Waals surface area (Å²) in [6, 6.07) is 14.5. The molecule has 188 valence electrons. The Morgan fingerprint density at radius 3 is 2.63 bits per heavy atom. The average Bonchev–Trinajstić information content (AvgIpc) is 2.90. The van der Waals surface area contributed by atoms with Crippen LogP contribution in [-0.2, 0) is 14.6 Å². The van der Waals surface area contributed by atoms with E-state index in [1.807, 2.05) is 32.0 Å². The number of rotatable bonds is 11. The molecule has 0 radical (unpaired) electrons. The molecule has 0 spiro atoms. The fourth-order valence-corrected chi connectivity index (χ4v) is 5.42. The fraction of sp³-hybridized carbons (Fsp3) is 0.500. The maximum atomic E-state index is 11.9. The third-order valence-corrected chi connectivity index (χ3v) is 7.73. The molecule has 6 nitrogen and oxygen atoms in total. The Hall–Kier alpha value is -2.67. The van der Waals surface area contributed by atoms with Gasteiger partial charge in [0.2, 0.25) is 0 Å². The van der Waals surface area contributed by atoms with Crippen molar-refractivity contribution in [3.05, 3.63) is 53.6 Å². The fourth-order valence-electron chi connectivity index (χ4n) is 4.99. The van der Waals surface area contributed by atoms with Crippen molar-refractivity contribution in [2.75, 3.05) is 11.9 Å². The van der Waals surface area contributed by atoms with E-state index in [0.717, 1.165) is 40.7 Å². The quantitative estimate of drug-likeness (QED) is 0.147. The van der Waals surface area contributed by atoms with Gasteiger partial charge in [-0.1, -0.05) is 50.4 Å². The molecule has 2 aromatic carbocycles. The second kappa shape index (κ2) is 12.3. The lowest BCUT2D eigenvalue weighted by Crippen LogP contribution is -2.38. The highest BCUT2D eigenvalue weighted by molar-refractivity contribution is 7.94. The van der Waals surface area contributed by atoms with E-state index < -0.39 is 11.7 Å². The van der Waals surface area contributed by atoms with Crippen molar-refractivity contribution in [3.63, 3.8) is 0 Å². The zero-order chi connectivity index (χ0) is 24.5. The monoisotopic (exact) mass is 496 g/mol. The van der Waals surface area contributed by atoms with Crippen LogP contribution in [0.25, 0.3) is 0 Å². The molecule has 0 bridgehead atoms. The van der Waals surface area contributed by atoms with Crippen molar-refractivity contribution in [2.45, 2.75) is 88.0 Å². The molecule has 1 saturated carbocycles. The van der Waals surface area contributed by atoms with E-state index in [1.54, 1.807) is 6.21 Å². The van der Waals surface area contributed by atoms with Crippen LogP contribution in [-0.4, -0.2) is 18.9 Å². The molecule has 2 aliphatic rings. The van der Waals surface area contributed by atoms with Crippen LogP contribution in [0.2, 0.25) is 0 Å². The number of unbranched alkanes of at least 4 members (excludes halogenated alkanes) is 1. The molecule has 35 heavy (non-hydrogen) atoms. The zero-order valence-electron chi connectivity index (χ0n) is 20.8. The number of fused-ring (bicyclic) bond motifs is 1. The summed E-state index contributed by atoms with van der Waals surface area (Å²) in [5.41, 5.74) is 2.61. The first-order valence-corrected chi connectivity index (χ1v) is 13.6. The van der Waals surface area contributed by atoms with E-state index in [-0.39, 0.29) is 0 Å². The number of nitrogens with zero attached hydrogens (tertiary/aromatic N) is 1. The predicted molar refractivity (Wildman–Crippen MR) is 141 cm³/mol. The van der Waals surface area contributed by atoms with E-state index in [9.17, 15) is 4.79 Å². The van der Waals surface area contributed by atoms with Crippen molar-refractivity contribution in [1.82, 2.24) is 0 Å². The van der Waals surface area contributed by atoms with Crippen LogP contribution in [0.4, 0.5) is 10.5 Å². The summed E-state index contributed by atoms with van der Waals surface area (Å²) < 4.78 is 17.0. The van der Waals surface area contributed by atoms with Gasteiger partial charge >= 0.3 is 6.09 Å². The molecule has 1 fully saturated rings. The number of amides is 1. The van der Waals surface area contributed by atoms with Crippen molar-refractivity contribution in [1.29, 1.82) is 0 Å². The molecule has 7 heteroatoms. The Morgan fingerprint density at radius 2 is 1.89 bits per heavy atom. The minimum absolute atomic E-state index is 0.397. The van der Waals surface area contributed by atoms with Gasteiger partial charge in [-0.05, 0) is 80.3 Å². The Labute approximate surface area is 213 Å². The predicted octanol–water partition coefficient (Wildman–Crippen LogP) is 8.18. The van der Waals surface area contributed by atoms with E-state index in [2.05, 4.69) is 34.7 Å². The lowest BCUT2D eigenvalue weighted by atomic mass is 9.84. The van der Waals surface area contributed by atoms with Crippen LogP contribution in [0.15, 0.2) is 52.5 Å². The Morgan fingerprint density at radius 1 is 1.11 bits per heavy atom. The topological polar surface area (TPSA) is 69.2 Å². The molecular formula is C28H36N2O4S. The third-order valence-electron chi connectivity index (χ3n) is 7.10. The summed E-state index contributed by atoms with van der Waals surface area (Å²) in [5, 5.41) is 6.84. The second-order valence-corrected chi connectivity index (χ2v) is 10.1. The number of oxime groups is 1. The van der Waals surface area contributed by atoms with Crippen LogP contribution in [0.5, 0.6) is 5.75 Å². The number of hydrogen-bond donors (Lipinski definition) is 1. The van der Waals surface area contributed by atoms with E-state index in [1.165, 1.54) is 49.7 Å². The van der Waals surface area contributed by atoms with Gasteiger partial charge in [-0.3, -0.25) is 5.32 Å². The van der Waals surface area contributed by atoms with Gasteiger partial charge in [0, 0.05) is 11.8 Å². The number of carbonyl (C=O) groups excluding carboxylic acids is 1. The van der Waals surface area contributed by atoms with Gasteiger partial charge in [-0.15, -0.1) is 0 Å². The molecule has 0 unspecified atom stereocenters. The number of ether oxygens (including phenoxy) is 2. The van der Waals surface area contributed by atoms with Gasteiger partial charge in [-0.25, -0.2) is 4.79 Å². The minimum Gasteiger partial charge on any atom is -0.494 e. The van der Waals surface area contributed by atoms with Crippen molar-refractivity contribution in [2.24, 2.45) is 5.16 Å². The Bertz CT molecular complexity index is 999. The number of benzene rings is 2. The van der Waals surface area contributed by atoms with Crippen LogP contribution in [0.1, 0.15) is 88.7 Å². The van der Waals surface area contributed by atoms with E-state index in [4.69, 9.17) is 13.8 Å². The average molecular weight is 497 g/mol. The lowest BCUT2D eigenvalue weighted by molar-refractivity contribution is 0.00453. The second-order valence-electron chi connectivity index (χ2n) is 9.26. The van der Waals surface area contributed by atoms with Gasteiger partial charge in [0.1, 0.15) is 23.4 Å². The molecule has 0 atom stereocenters. The van der Waals surface area contributed by atoms with Crippen molar-refractivity contribution >= 4 is 30.0 Å². The summed E-state index contributed by atoms with van der Waals surface area (Å²) >= 11 is 1.28. The molecule has 0 saturated heterocycles. The largest absolute Gasteiger partial charge is 0.494 e. The van der Waals surface area contributed by atoms with Gasteiger partial charge in [0.15, 0.2) is 0 Å². The van der Waals surface area contributed by atoms with Crippen molar-refractivity contribution < 1.29 is 18.6 Å². The lowest BCUT2D eigenvalue weighted by Gasteiger charge is -2.37. The first kappa shape index (κ1) is 25.4. The summed E-state index contributed by atoms with van der Waals surface area (Å²) in [7, 11) is 0. The van der Waals surface area contributed by atoms with Gasteiger partial charge < -0.3 is 13.8 Å². The SMILES string of the molecule is CCC1(CC)OC(=O)Nc2ccc(OCCCC=NOSc3ccc(C4CCCCC4)cc3)cc21. The number of hydrogen-bond acceptors (Lipinski definition) is 6. The standard InChI is InChI=1S/C28H36N2O4S/c1-3-28(4-2)25-20-23(14-17-26(25)30-27(31)33-28)32-19-9-8-18-29-34-35-24-15-12-22(13-16-24)21-10-6-5-7-11-21/h12-18,20-21H,3-11,19H2,1-2H3,(H,30,31). The van der Waals surface area contributed by atoms with Crippen LogP contribution in [0, 0.1) is 0 Å².